The zero-order chi connectivity index (χ0) is 13.3. The molecule has 18 heavy (non-hydrogen) atoms. The van der Waals surface area contributed by atoms with Crippen molar-refractivity contribution in [2.24, 2.45) is 17.8 Å². The van der Waals surface area contributed by atoms with E-state index in [0.29, 0.717) is 30.7 Å². The van der Waals surface area contributed by atoms with Gasteiger partial charge in [-0.3, -0.25) is 9.59 Å². The van der Waals surface area contributed by atoms with Crippen molar-refractivity contribution in [1.82, 2.24) is 10.2 Å². The lowest BCUT2D eigenvalue weighted by Crippen LogP contribution is -2.47. The van der Waals surface area contributed by atoms with Gasteiger partial charge >= 0.3 is 0 Å². The molecule has 1 heterocycles. The summed E-state index contributed by atoms with van der Waals surface area (Å²) in [6, 6.07) is -0.251. The van der Waals surface area contributed by atoms with Gasteiger partial charge in [0.15, 0.2) is 0 Å². The predicted molar refractivity (Wildman–Crippen MR) is 69.9 cm³/mol. The van der Waals surface area contributed by atoms with Gasteiger partial charge < -0.3 is 10.2 Å². The molecule has 0 aromatic heterocycles. The molecule has 2 unspecified atom stereocenters. The SMILES string of the molecule is CC(C)C(C)CN1CCC(=O)NC(C2CC2)C1=O. The van der Waals surface area contributed by atoms with Crippen LogP contribution in [0.15, 0.2) is 0 Å². The van der Waals surface area contributed by atoms with Crippen molar-refractivity contribution in [1.29, 1.82) is 0 Å². The van der Waals surface area contributed by atoms with Gasteiger partial charge in [0, 0.05) is 19.5 Å². The minimum atomic E-state index is -0.251. The van der Waals surface area contributed by atoms with Crippen molar-refractivity contribution >= 4 is 11.8 Å². The molecule has 2 amide bonds. The Morgan fingerprint density at radius 1 is 1.28 bits per heavy atom. The molecule has 1 saturated carbocycles. The molecular formula is C14H24N2O2. The number of rotatable bonds is 4. The van der Waals surface area contributed by atoms with Crippen LogP contribution in [-0.2, 0) is 9.59 Å². The molecular weight excluding hydrogens is 228 g/mol. The lowest BCUT2D eigenvalue weighted by atomic mass is 9.97. The Labute approximate surface area is 109 Å². The Hall–Kier alpha value is -1.06. The Morgan fingerprint density at radius 3 is 2.50 bits per heavy atom. The van der Waals surface area contributed by atoms with E-state index in [0.717, 1.165) is 19.4 Å². The molecule has 1 N–H and O–H groups in total. The van der Waals surface area contributed by atoms with Crippen molar-refractivity contribution in [2.75, 3.05) is 13.1 Å². The Kier molecular flexibility index (Phi) is 3.93. The van der Waals surface area contributed by atoms with Crippen LogP contribution in [0.1, 0.15) is 40.0 Å². The second-order valence-electron chi connectivity index (χ2n) is 6.14. The molecule has 1 aliphatic carbocycles. The van der Waals surface area contributed by atoms with E-state index in [1.54, 1.807) is 0 Å². The average Bonchev–Trinajstić information content (AvgIpc) is 3.13. The maximum absolute atomic E-state index is 12.4. The fourth-order valence-corrected chi connectivity index (χ4v) is 2.34. The smallest absolute Gasteiger partial charge is 0.245 e. The normalized spacial score (nSPS) is 27.1. The van der Waals surface area contributed by atoms with Gasteiger partial charge in [-0.2, -0.15) is 0 Å². The summed E-state index contributed by atoms with van der Waals surface area (Å²) in [5.74, 6) is 1.58. The van der Waals surface area contributed by atoms with Gasteiger partial charge in [-0.05, 0) is 30.6 Å². The van der Waals surface area contributed by atoms with E-state index in [4.69, 9.17) is 0 Å². The predicted octanol–water partition coefficient (Wildman–Crippen LogP) is 1.41. The minimum Gasteiger partial charge on any atom is -0.344 e. The van der Waals surface area contributed by atoms with Crippen LogP contribution in [0.3, 0.4) is 0 Å². The summed E-state index contributed by atoms with van der Waals surface area (Å²) in [4.78, 5) is 26.0. The largest absolute Gasteiger partial charge is 0.344 e. The molecule has 2 rings (SSSR count). The summed E-state index contributed by atoms with van der Waals surface area (Å²) in [5, 5.41) is 2.89. The summed E-state index contributed by atoms with van der Waals surface area (Å²) in [5.41, 5.74) is 0. The van der Waals surface area contributed by atoms with Crippen molar-refractivity contribution in [3.63, 3.8) is 0 Å². The standard InChI is InChI=1S/C14H24N2O2/c1-9(2)10(3)8-16-7-6-12(17)15-13(14(16)18)11-4-5-11/h9-11,13H,4-8H2,1-3H3,(H,15,17). The molecule has 0 radical (unpaired) electrons. The summed E-state index contributed by atoms with van der Waals surface area (Å²) < 4.78 is 0. The third kappa shape index (κ3) is 3.03. The van der Waals surface area contributed by atoms with Gasteiger partial charge in [-0.1, -0.05) is 20.8 Å². The first kappa shape index (κ1) is 13.4. The third-order valence-corrected chi connectivity index (χ3v) is 4.24. The molecule has 2 fully saturated rings. The quantitative estimate of drug-likeness (QED) is 0.822. The highest BCUT2D eigenvalue weighted by atomic mass is 16.2. The molecule has 0 spiro atoms. The Morgan fingerprint density at radius 2 is 1.94 bits per heavy atom. The molecule has 2 aliphatic rings. The molecule has 1 saturated heterocycles. The van der Waals surface area contributed by atoms with Crippen LogP contribution < -0.4 is 5.32 Å². The highest BCUT2D eigenvalue weighted by Crippen LogP contribution is 2.34. The number of nitrogens with zero attached hydrogens (tertiary/aromatic N) is 1. The van der Waals surface area contributed by atoms with Crippen molar-refractivity contribution < 1.29 is 9.59 Å². The fourth-order valence-electron chi connectivity index (χ4n) is 2.34. The molecule has 1 aliphatic heterocycles. The van der Waals surface area contributed by atoms with E-state index in [-0.39, 0.29) is 17.9 Å². The van der Waals surface area contributed by atoms with Crippen LogP contribution in [0.4, 0.5) is 0 Å². The van der Waals surface area contributed by atoms with E-state index in [9.17, 15) is 9.59 Å². The number of amides is 2. The van der Waals surface area contributed by atoms with Gasteiger partial charge in [0.2, 0.25) is 11.8 Å². The number of carbonyl (C=O) groups excluding carboxylic acids is 2. The topological polar surface area (TPSA) is 49.4 Å². The van der Waals surface area contributed by atoms with E-state index >= 15 is 0 Å². The zero-order valence-corrected chi connectivity index (χ0v) is 11.6. The molecule has 0 bridgehead atoms. The zero-order valence-electron chi connectivity index (χ0n) is 11.6. The van der Waals surface area contributed by atoms with Crippen LogP contribution in [0.25, 0.3) is 0 Å². The molecule has 2 atom stereocenters. The molecule has 0 aromatic rings. The second kappa shape index (κ2) is 5.29. The van der Waals surface area contributed by atoms with E-state index in [1.807, 2.05) is 4.90 Å². The van der Waals surface area contributed by atoms with E-state index < -0.39 is 0 Å². The van der Waals surface area contributed by atoms with Crippen molar-refractivity contribution in [3.8, 4) is 0 Å². The van der Waals surface area contributed by atoms with Crippen LogP contribution in [0, 0.1) is 17.8 Å². The molecule has 0 aromatic carbocycles. The van der Waals surface area contributed by atoms with Crippen LogP contribution in [-0.4, -0.2) is 35.8 Å². The fraction of sp³-hybridized carbons (Fsp3) is 0.857. The number of carbonyl (C=O) groups is 2. The van der Waals surface area contributed by atoms with Crippen LogP contribution in [0.2, 0.25) is 0 Å². The molecule has 4 heteroatoms. The van der Waals surface area contributed by atoms with Gasteiger partial charge in [0.25, 0.3) is 0 Å². The van der Waals surface area contributed by atoms with Crippen LogP contribution >= 0.6 is 0 Å². The lowest BCUT2D eigenvalue weighted by molar-refractivity contribution is -0.134. The van der Waals surface area contributed by atoms with Crippen molar-refractivity contribution in [2.45, 2.75) is 46.1 Å². The summed E-state index contributed by atoms with van der Waals surface area (Å²) >= 11 is 0. The number of hydrogen-bond acceptors (Lipinski definition) is 2. The van der Waals surface area contributed by atoms with Crippen LogP contribution in [0.5, 0.6) is 0 Å². The van der Waals surface area contributed by atoms with Gasteiger partial charge in [0.1, 0.15) is 6.04 Å². The number of nitrogens with one attached hydrogen (secondary N) is 1. The molecule has 4 nitrogen and oxygen atoms in total. The lowest BCUT2D eigenvalue weighted by Gasteiger charge is -2.28. The summed E-state index contributed by atoms with van der Waals surface area (Å²) in [6.07, 6.45) is 2.59. The average molecular weight is 252 g/mol. The Bertz CT molecular complexity index is 337. The highest BCUT2D eigenvalue weighted by molar-refractivity contribution is 5.90. The Balaban J connectivity index is 2.04. The van der Waals surface area contributed by atoms with E-state index in [1.165, 1.54) is 0 Å². The van der Waals surface area contributed by atoms with E-state index in [2.05, 4.69) is 26.1 Å². The molecule has 102 valence electrons. The summed E-state index contributed by atoms with van der Waals surface area (Å²) in [7, 11) is 0. The summed E-state index contributed by atoms with van der Waals surface area (Å²) in [6.45, 7) is 7.87. The second-order valence-corrected chi connectivity index (χ2v) is 6.14. The number of hydrogen-bond donors (Lipinski definition) is 1. The maximum Gasteiger partial charge on any atom is 0.245 e. The maximum atomic E-state index is 12.4. The monoisotopic (exact) mass is 252 g/mol. The first-order chi connectivity index (χ1) is 8.49. The van der Waals surface area contributed by atoms with Gasteiger partial charge in [-0.15, -0.1) is 0 Å². The minimum absolute atomic E-state index is 0.0277. The highest BCUT2D eigenvalue weighted by Gasteiger charge is 2.41. The van der Waals surface area contributed by atoms with Crippen molar-refractivity contribution in [3.05, 3.63) is 0 Å². The van der Waals surface area contributed by atoms with Gasteiger partial charge in [0.05, 0.1) is 0 Å². The third-order valence-electron chi connectivity index (χ3n) is 4.24. The first-order valence-corrected chi connectivity index (χ1v) is 7.07. The van der Waals surface area contributed by atoms with Gasteiger partial charge in [-0.25, -0.2) is 0 Å². The first-order valence-electron chi connectivity index (χ1n) is 7.07.